The van der Waals surface area contributed by atoms with Gasteiger partial charge in [0.1, 0.15) is 0 Å². The van der Waals surface area contributed by atoms with Gasteiger partial charge in [-0.05, 0) is 25.2 Å². The summed E-state index contributed by atoms with van der Waals surface area (Å²) in [5, 5.41) is 4.22. The first-order valence-electron chi connectivity index (χ1n) is 8.27. The van der Waals surface area contributed by atoms with Crippen molar-refractivity contribution in [2.24, 2.45) is 13.0 Å². The van der Waals surface area contributed by atoms with Crippen LogP contribution in [0.2, 0.25) is 0 Å². The predicted octanol–water partition coefficient (Wildman–Crippen LogP) is 1.79. The normalized spacial score (nSPS) is 30.5. The number of likely N-dealkylation sites (tertiary alicyclic amines) is 1. The van der Waals surface area contributed by atoms with Crippen molar-refractivity contribution in [3.63, 3.8) is 0 Å². The van der Waals surface area contributed by atoms with Crippen molar-refractivity contribution in [3.8, 4) is 0 Å². The number of aromatic nitrogens is 2. The molecule has 3 heterocycles. The van der Waals surface area contributed by atoms with Crippen molar-refractivity contribution in [1.82, 2.24) is 14.7 Å². The van der Waals surface area contributed by atoms with Gasteiger partial charge in [0.15, 0.2) is 0 Å². The molecule has 114 valence electrons. The van der Waals surface area contributed by atoms with E-state index in [0.717, 1.165) is 24.6 Å². The second-order valence-electron chi connectivity index (χ2n) is 6.91. The summed E-state index contributed by atoms with van der Waals surface area (Å²) in [6.07, 6.45) is 11.1. The van der Waals surface area contributed by atoms with Crippen LogP contribution in [-0.2, 0) is 11.8 Å². The molecular weight excluding hydrogens is 264 g/mol. The summed E-state index contributed by atoms with van der Waals surface area (Å²) >= 11 is 0. The summed E-state index contributed by atoms with van der Waals surface area (Å²) in [5.41, 5.74) is 0.970. The second kappa shape index (κ2) is 5.13. The number of aryl methyl sites for hydroxylation is 1. The minimum absolute atomic E-state index is 0.272. The van der Waals surface area contributed by atoms with Gasteiger partial charge in [0.05, 0.1) is 17.9 Å². The zero-order valence-electron chi connectivity index (χ0n) is 12.7. The average molecular weight is 288 g/mol. The summed E-state index contributed by atoms with van der Waals surface area (Å²) in [6, 6.07) is 0.793. The SMILES string of the molecule is Cn1cc(N2C(=O)C[C@H]3[C@H]2CCN3CC2CCCC2)cn1. The molecule has 4 rings (SSSR count). The number of nitrogens with zero attached hydrogens (tertiary/aromatic N) is 4. The summed E-state index contributed by atoms with van der Waals surface area (Å²) in [4.78, 5) is 17.0. The van der Waals surface area contributed by atoms with E-state index in [-0.39, 0.29) is 5.91 Å². The number of rotatable bonds is 3. The Labute approximate surface area is 125 Å². The van der Waals surface area contributed by atoms with Gasteiger partial charge < -0.3 is 4.90 Å². The van der Waals surface area contributed by atoms with Crippen LogP contribution in [0.3, 0.4) is 0 Å². The fourth-order valence-electron chi connectivity index (χ4n) is 4.55. The van der Waals surface area contributed by atoms with Crippen molar-refractivity contribution in [3.05, 3.63) is 12.4 Å². The van der Waals surface area contributed by atoms with Crippen molar-refractivity contribution < 1.29 is 4.79 Å². The predicted molar refractivity (Wildman–Crippen MR) is 81.0 cm³/mol. The number of carbonyl (C=O) groups is 1. The molecule has 5 nitrogen and oxygen atoms in total. The van der Waals surface area contributed by atoms with Crippen LogP contribution in [0.25, 0.3) is 0 Å². The number of fused-ring (bicyclic) bond motifs is 1. The first kappa shape index (κ1) is 13.3. The zero-order chi connectivity index (χ0) is 14.4. The summed E-state index contributed by atoms with van der Waals surface area (Å²) < 4.78 is 1.78. The lowest BCUT2D eigenvalue weighted by molar-refractivity contribution is -0.117. The summed E-state index contributed by atoms with van der Waals surface area (Å²) in [5.74, 6) is 1.14. The van der Waals surface area contributed by atoms with Crippen molar-refractivity contribution in [2.75, 3.05) is 18.0 Å². The van der Waals surface area contributed by atoms with Crippen LogP contribution in [0.1, 0.15) is 38.5 Å². The van der Waals surface area contributed by atoms with Gasteiger partial charge >= 0.3 is 0 Å². The highest BCUT2D eigenvalue weighted by Gasteiger charge is 2.47. The quantitative estimate of drug-likeness (QED) is 0.851. The molecule has 0 radical (unpaired) electrons. The van der Waals surface area contributed by atoms with Crippen molar-refractivity contribution in [2.45, 2.75) is 50.6 Å². The lowest BCUT2D eigenvalue weighted by Crippen LogP contribution is -2.38. The van der Waals surface area contributed by atoms with Crippen LogP contribution in [0.5, 0.6) is 0 Å². The minimum Gasteiger partial charge on any atom is -0.305 e. The molecule has 2 saturated heterocycles. The van der Waals surface area contributed by atoms with E-state index in [1.54, 1.807) is 4.68 Å². The van der Waals surface area contributed by atoms with Gasteiger partial charge in [-0.2, -0.15) is 5.10 Å². The van der Waals surface area contributed by atoms with Gasteiger partial charge in [-0.3, -0.25) is 14.4 Å². The highest BCUT2D eigenvalue weighted by atomic mass is 16.2. The van der Waals surface area contributed by atoms with E-state index in [9.17, 15) is 4.79 Å². The third-order valence-corrected chi connectivity index (χ3v) is 5.55. The summed E-state index contributed by atoms with van der Waals surface area (Å²) in [6.45, 7) is 2.35. The number of hydrogen-bond acceptors (Lipinski definition) is 3. The number of carbonyl (C=O) groups excluding carboxylic acids is 1. The van der Waals surface area contributed by atoms with Crippen LogP contribution < -0.4 is 4.90 Å². The molecule has 21 heavy (non-hydrogen) atoms. The van der Waals surface area contributed by atoms with E-state index >= 15 is 0 Å². The highest BCUT2D eigenvalue weighted by molar-refractivity contribution is 5.97. The monoisotopic (exact) mass is 288 g/mol. The standard InChI is InChI=1S/C16H24N4O/c1-18-11-13(9-17-18)20-14-6-7-19(15(14)8-16(20)21)10-12-4-2-3-5-12/h9,11-12,14-15H,2-8,10H2,1H3/t14-,15+/m1/s1. The molecule has 3 aliphatic rings. The van der Waals surface area contributed by atoms with Crippen molar-refractivity contribution in [1.29, 1.82) is 0 Å². The largest absolute Gasteiger partial charge is 0.305 e. The van der Waals surface area contributed by atoms with Gasteiger partial charge in [-0.15, -0.1) is 0 Å². The molecule has 2 aliphatic heterocycles. The molecule has 1 saturated carbocycles. The van der Waals surface area contributed by atoms with E-state index in [1.165, 1.54) is 32.2 Å². The molecule has 3 fully saturated rings. The van der Waals surface area contributed by atoms with Gasteiger partial charge in [-0.1, -0.05) is 12.8 Å². The van der Waals surface area contributed by atoms with Crippen LogP contribution in [0, 0.1) is 5.92 Å². The molecule has 1 aliphatic carbocycles. The van der Waals surface area contributed by atoms with Crippen LogP contribution in [0.15, 0.2) is 12.4 Å². The Bertz CT molecular complexity index is 534. The maximum absolute atomic E-state index is 12.4. The molecule has 2 atom stereocenters. The Balaban J connectivity index is 1.50. The van der Waals surface area contributed by atoms with E-state index in [4.69, 9.17) is 0 Å². The number of anilines is 1. The molecule has 1 amide bonds. The van der Waals surface area contributed by atoms with E-state index in [1.807, 2.05) is 24.3 Å². The Kier molecular flexibility index (Phi) is 3.25. The maximum atomic E-state index is 12.4. The first-order chi connectivity index (χ1) is 10.2. The molecule has 1 aromatic rings. The zero-order valence-corrected chi connectivity index (χ0v) is 12.7. The van der Waals surface area contributed by atoms with E-state index < -0.39 is 0 Å². The topological polar surface area (TPSA) is 41.4 Å². The number of amides is 1. The molecule has 0 aromatic carbocycles. The fourth-order valence-corrected chi connectivity index (χ4v) is 4.55. The third kappa shape index (κ3) is 2.27. The van der Waals surface area contributed by atoms with Gasteiger partial charge in [-0.25, -0.2) is 0 Å². The molecular formula is C16H24N4O. The first-order valence-corrected chi connectivity index (χ1v) is 8.27. The molecule has 0 spiro atoms. The molecule has 0 N–H and O–H groups in total. The van der Waals surface area contributed by atoms with Crippen LogP contribution in [-0.4, -0.2) is 45.8 Å². The van der Waals surface area contributed by atoms with E-state index in [2.05, 4.69) is 10.00 Å². The molecule has 0 bridgehead atoms. The van der Waals surface area contributed by atoms with Crippen LogP contribution >= 0.6 is 0 Å². The molecule has 1 aromatic heterocycles. The molecule has 0 unspecified atom stereocenters. The van der Waals surface area contributed by atoms with Crippen LogP contribution in [0.4, 0.5) is 5.69 Å². The lowest BCUT2D eigenvalue weighted by atomic mass is 10.1. The van der Waals surface area contributed by atoms with Gasteiger partial charge in [0.2, 0.25) is 5.91 Å². The van der Waals surface area contributed by atoms with Gasteiger partial charge in [0, 0.05) is 38.8 Å². The van der Waals surface area contributed by atoms with Gasteiger partial charge in [0.25, 0.3) is 0 Å². The third-order valence-electron chi connectivity index (χ3n) is 5.55. The Morgan fingerprint density at radius 1 is 1.24 bits per heavy atom. The smallest absolute Gasteiger partial charge is 0.229 e. The molecule has 5 heteroatoms. The fraction of sp³-hybridized carbons (Fsp3) is 0.750. The van der Waals surface area contributed by atoms with Crippen molar-refractivity contribution >= 4 is 11.6 Å². The Hall–Kier alpha value is -1.36. The second-order valence-corrected chi connectivity index (χ2v) is 6.91. The highest BCUT2D eigenvalue weighted by Crippen LogP contribution is 2.37. The minimum atomic E-state index is 0.272. The lowest BCUT2D eigenvalue weighted by Gasteiger charge is -2.26. The number of hydrogen-bond donors (Lipinski definition) is 0. The van der Waals surface area contributed by atoms with E-state index in [0.29, 0.717) is 18.5 Å². The Morgan fingerprint density at radius 3 is 2.76 bits per heavy atom. The summed E-state index contributed by atoms with van der Waals surface area (Å²) in [7, 11) is 1.91. The average Bonchev–Trinajstić information content (AvgIpc) is 3.18. The Morgan fingerprint density at radius 2 is 2.05 bits per heavy atom. The maximum Gasteiger partial charge on any atom is 0.229 e.